The Balaban J connectivity index is 2.59. The van der Waals surface area contributed by atoms with E-state index < -0.39 is 12.0 Å². The highest BCUT2D eigenvalue weighted by atomic mass is 32.2. The molecule has 0 aliphatic heterocycles. The third kappa shape index (κ3) is 5.34. The quantitative estimate of drug-likeness (QED) is 0.786. The monoisotopic (exact) mass is 281 g/mol. The minimum absolute atomic E-state index is 0.315. The van der Waals surface area contributed by atoms with Crippen LogP contribution in [0.1, 0.15) is 32.3 Å². The minimum atomic E-state index is -1.01. The number of hydrogen-bond donors (Lipinski definition) is 2. The molecule has 0 aliphatic rings. The van der Waals surface area contributed by atoms with Crippen molar-refractivity contribution in [2.24, 2.45) is 0 Å². The van der Waals surface area contributed by atoms with E-state index in [0.29, 0.717) is 11.7 Å². The summed E-state index contributed by atoms with van der Waals surface area (Å²) in [5, 5.41) is 11.4. The number of carboxylic acid groups (broad SMARTS) is 1. The predicted octanol–water partition coefficient (Wildman–Crippen LogP) is 2.49. The zero-order valence-corrected chi connectivity index (χ0v) is 12.2. The Morgan fingerprint density at radius 1 is 1.26 bits per heavy atom. The second-order valence-corrected chi connectivity index (χ2v) is 5.72. The number of carbonyl (C=O) groups is 2. The lowest BCUT2D eigenvalue weighted by atomic mass is 10.0. The van der Waals surface area contributed by atoms with Gasteiger partial charge in [0.05, 0.1) is 0 Å². The largest absolute Gasteiger partial charge is 0.480 e. The van der Waals surface area contributed by atoms with Gasteiger partial charge in [-0.1, -0.05) is 26.0 Å². The summed E-state index contributed by atoms with van der Waals surface area (Å²) in [7, 11) is 0. The van der Waals surface area contributed by atoms with Gasteiger partial charge in [-0.3, -0.25) is 4.79 Å². The SMILES string of the molecule is CC(=O)NC(CSc1ccc(C(C)C)cc1)C(=O)O. The highest BCUT2D eigenvalue weighted by Gasteiger charge is 2.18. The van der Waals surface area contributed by atoms with Crippen LogP contribution in [0.3, 0.4) is 0 Å². The maximum atomic E-state index is 11.0. The molecule has 0 saturated carbocycles. The predicted molar refractivity (Wildman–Crippen MR) is 76.5 cm³/mol. The number of rotatable bonds is 6. The first-order valence-electron chi connectivity index (χ1n) is 6.12. The van der Waals surface area contributed by atoms with Gasteiger partial charge in [-0.05, 0) is 23.6 Å². The summed E-state index contributed by atoms with van der Waals surface area (Å²) in [6, 6.07) is 7.19. The average molecular weight is 281 g/mol. The molecule has 0 heterocycles. The molecule has 0 radical (unpaired) electrons. The number of aliphatic carboxylic acids is 1. The van der Waals surface area contributed by atoms with Gasteiger partial charge in [-0.2, -0.15) is 0 Å². The molecule has 0 aliphatic carbocycles. The fourth-order valence-corrected chi connectivity index (χ4v) is 2.46. The van der Waals surface area contributed by atoms with Crippen molar-refractivity contribution in [1.29, 1.82) is 0 Å². The summed E-state index contributed by atoms with van der Waals surface area (Å²) in [6.45, 7) is 5.57. The number of benzene rings is 1. The highest BCUT2D eigenvalue weighted by molar-refractivity contribution is 7.99. The first-order chi connectivity index (χ1) is 8.90. The fraction of sp³-hybridized carbons (Fsp3) is 0.429. The van der Waals surface area contributed by atoms with E-state index in [9.17, 15) is 9.59 Å². The van der Waals surface area contributed by atoms with Crippen molar-refractivity contribution in [3.63, 3.8) is 0 Å². The molecule has 0 saturated heterocycles. The summed E-state index contributed by atoms with van der Waals surface area (Å²) in [6.07, 6.45) is 0. The highest BCUT2D eigenvalue weighted by Crippen LogP contribution is 2.22. The molecular formula is C14H19NO3S. The summed E-state index contributed by atoms with van der Waals surface area (Å²) in [5.74, 6) is -0.550. The average Bonchev–Trinajstić information content (AvgIpc) is 2.34. The second kappa shape index (κ2) is 7.19. The van der Waals surface area contributed by atoms with Crippen LogP contribution in [-0.2, 0) is 9.59 Å². The maximum Gasteiger partial charge on any atom is 0.327 e. The summed E-state index contributed by atoms with van der Waals surface area (Å²) in [5.41, 5.74) is 1.25. The number of amides is 1. The van der Waals surface area contributed by atoms with Gasteiger partial charge < -0.3 is 10.4 Å². The third-order valence-corrected chi connectivity index (χ3v) is 3.74. The molecule has 4 nitrogen and oxygen atoms in total. The summed E-state index contributed by atoms with van der Waals surface area (Å²) < 4.78 is 0. The first-order valence-corrected chi connectivity index (χ1v) is 7.11. The lowest BCUT2D eigenvalue weighted by molar-refractivity contribution is -0.140. The molecule has 19 heavy (non-hydrogen) atoms. The van der Waals surface area contributed by atoms with Gasteiger partial charge >= 0.3 is 5.97 Å². The van der Waals surface area contributed by atoms with E-state index in [2.05, 4.69) is 19.2 Å². The van der Waals surface area contributed by atoms with E-state index in [-0.39, 0.29) is 5.91 Å². The Morgan fingerprint density at radius 3 is 2.26 bits per heavy atom. The van der Waals surface area contributed by atoms with E-state index in [4.69, 9.17) is 5.11 Å². The molecule has 2 N–H and O–H groups in total. The van der Waals surface area contributed by atoms with Gasteiger partial charge in [0.2, 0.25) is 5.91 Å². The normalized spacial score (nSPS) is 12.2. The molecule has 0 aromatic heterocycles. The molecule has 1 rings (SSSR count). The molecule has 0 spiro atoms. The molecular weight excluding hydrogens is 262 g/mol. The molecule has 1 aromatic carbocycles. The zero-order chi connectivity index (χ0) is 14.4. The van der Waals surface area contributed by atoms with E-state index in [1.807, 2.05) is 24.3 Å². The van der Waals surface area contributed by atoms with Gasteiger partial charge in [-0.25, -0.2) is 4.79 Å². The van der Waals surface area contributed by atoms with Gasteiger partial charge in [0.25, 0.3) is 0 Å². The van der Waals surface area contributed by atoms with Crippen LogP contribution in [0.25, 0.3) is 0 Å². The van der Waals surface area contributed by atoms with Crippen molar-refractivity contribution >= 4 is 23.6 Å². The van der Waals surface area contributed by atoms with Crippen molar-refractivity contribution in [2.75, 3.05) is 5.75 Å². The smallest absolute Gasteiger partial charge is 0.327 e. The van der Waals surface area contributed by atoms with Crippen molar-refractivity contribution in [3.8, 4) is 0 Å². The molecule has 1 unspecified atom stereocenters. The van der Waals surface area contributed by atoms with Crippen LogP contribution < -0.4 is 5.32 Å². The number of nitrogens with one attached hydrogen (secondary N) is 1. The topological polar surface area (TPSA) is 66.4 Å². The van der Waals surface area contributed by atoms with Gasteiger partial charge in [0.1, 0.15) is 6.04 Å². The molecule has 104 valence electrons. The van der Waals surface area contributed by atoms with Crippen molar-refractivity contribution in [3.05, 3.63) is 29.8 Å². The Morgan fingerprint density at radius 2 is 1.84 bits per heavy atom. The van der Waals surface area contributed by atoms with Crippen LogP contribution >= 0.6 is 11.8 Å². The van der Waals surface area contributed by atoms with Gasteiger partial charge in [0, 0.05) is 17.6 Å². The molecule has 1 aromatic rings. The number of thioether (sulfide) groups is 1. The maximum absolute atomic E-state index is 11.0. The Bertz CT molecular complexity index is 443. The first kappa shape index (κ1) is 15.6. The molecule has 1 atom stereocenters. The Hall–Kier alpha value is -1.49. The van der Waals surface area contributed by atoms with Crippen LogP contribution in [0.15, 0.2) is 29.2 Å². The van der Waals surface area contributed by atoms with E-state index >= 15 is 0 Å². The fourth-order valence-electron chi connectivity index (χ4n) is 1.55. The standard InChI is InChI=1S/C14H19NO3S/c1-9(2)11-4-6-12(7-5-11)19-8-13(14(17)18)15-10(3)16/h4-7,9,13H,8H2,1-3H3,(H,15,16)(H,17,18). The Labute approximate surface area is 117 Å². The lowest BCUT2D eigenvalue weighted by Gasteiger charge is -2.13. The van der Waals surface area contributed by atoms with Crippen LogP contribution in [0.4, 0.5) is 0 Å². The van der Waals surface area contributed by atoms with Crippen molar-refractivity contribution in [1.82, 2.24) is 5.32 Å². The second-order valence-electron chi connectivity index (χ2n) is 4.63. The molecule has 0 fully saturated rings. The van der Waals surface area contributed by atoms with E-state index in [1.54, 1.807) is 0 Å². The zero-order valence-electron chi connectivity index (χ0n) is 11.3. The number of hydrogen-bond acceptors (Lipinski definition) is 3. The van der Waals surface area contributed by atoms with Crippen molar-refractivity contribution < 1.29 is 14.7 Å². The van der Waals surface area contributed by atoms with Crippen molar-refractivity contribution in [2.45, 2.75) is 37.6 Å². The van der Waals surface area contributed by atoms with Gasteiger partial charge in [0.15, 0.2) is 0 Å². The molecule has 0 bridgehead atoms. The van der Waals surface area contributed by atoms with Crippen LogP contribution in [-0.4, -0.2) is 28.8 Å². The van der Waals surface area contributed by atoms with Crippen LogP contribution in [0.2, 0.25) is 0 Å². The third-order valence-electron chi connectivity index (χ3n) is 2.64. The van der Waals surface area contributed by atoms with E-state index in [1.165, 1.54) is 24.2 Å². The minimum Gasteiger partial charge on any atom is -0.480 e. The number of carbonyl (C=O) groups excluding carboxylic acids is 1. The van der Waals surface area contributed by atoms with E-state index in [0.717, 1.165) is 4.90 Å². The number of carboxylic acids is 1. The molecule has 1 amide bonds. The summed E-state index contributed by atoms with van der Waals surface area (Å²) >= 11 is 1.42. The lowest BCUT2D eigenvalue weighted by Crippen LogP contribution is -2.41. The van der Waals surface area contributed by atoms with Gasteiger partial charge in [-0.15, -0.1) is 11.8 Å². The van der Waals surface area contributed by atoms with Crippen LogP contribution in [0.5, 0.6) is 0 Å². The summed E-state index contributed by atoms with van der Waals surface area (Å²) in [4.78, 5) is 22.9. The Kier molecular flexibility index (Phi) is 5.89. The van der Waals surface area contributed by atoms with Crippen LogP contribution in [0, 0.1) is 0 Å². The molecule has 5 heteroatoms.